The van der Waals surface area contributed by atoms with Crippen LogP contribution in [0.15, 0.2) is 42.5 Å². The number of carbonyl (C=O) groups is 2. The molecule has 166 valence electrons. The molecule has 1 aliphatic heterocycles. The molecule has 1 fully saturated rings. The number of nitrogens with one attached hydrogen (secondary N) is 1. The van der Waals surface area contributed by atoms with E-state index in [-0.39, 0.29) is 19.6 Å². The van der Waals surface area contributed by atoms with E-state index in [9.17, 15) is 22.4 Å². The minimum atomic E-state index is -3.72. The fourth-order valence-electron chi connectivity index (χ4n) is 3.50. The van der Waals surface area contributed by atoms with Gasteiger partial charge in [-0.1, -0.05) is 29.8 Å². The second kappa shape index (κ2) is 8.57. The zero-order valence-corrected chi connectivity index (χ0v) is 18.9. The van der Waals surface area contributed by atoms with Crippen molar-refractivity contribution >= 4 is 39.1 Å². The predicted octanol–water partition coefficient (Wildman–Crippen LogP) is 2.47. The molecule has 1 atom stereocenters. The molecule has 1 unspecified atom stereocenters. The standard InChI is InChI=1S/C21H23ClFN3O4S/c1-14-4-9-17(10-18(14)22)26-19(27)12-25(31(3,29)30)13-21(26,2)20(28)24-11-15-5-7-16(23)8-6-15/h4-10H,11-13H2,1-3H3,(H,24,28). The summed E-state index contributed by atoms with van der Waals surface area (Å²) in [5, 5.41) is 3.16. The first-order chi connectivity index (χ1) is 14.4. The number of halogens is 2. The van der Waals surface area contributed by atoms with Gasteiger partial charge < -0.3 is 5.32 Å². The summed E-state index contributed by atoms with van der Waals surface area (Å²) in [7, 11) is -3.72. The molecule has 2 amide bonds. The largest absolute Gasteiger partial charge is 0.350 e. The van der Waals surface area contributed by atoms with Gasteiger partial charge in [-0.25, -0.2) is 12.8 Å². The van der Waals surface area contributed by atoms with Gasteiger partial charge in [0.2, 0.25) is 21.8 Å². The minimum absolute atomic E-state index is 0.0876. The van der Waals surface area contributed by atoms with E-state index in [1.165, 1.54) is 36.1 Å². The Labute approximate surface area is 185 Å². The molecule has 1 heterocycles. The van der Waals surface area contributed by atoms with Crippen LogP contribution in [0.25, 0.3) is 0 Å². The van der Waals surface area contributed by atoms with Crippen LogP contribution >= 0.6 is 11.6 Å². The first-order valence-electron chi connectivity index (χ1n) is 9.49. The van der Waals surface area contributed by atoms with Gasteiger partial charge in [0.1, 0.15) is 11.4 Å². The topological polar surface area (TPSA) is 86.8 Å². The molecule has 1 aliphatic rings. The van der Waals surface area contributed by atoms with Gasteiger partial charge in [0, 0.05) is 23.8 Å². The number of sulfonamides is 1. The summed E-state index contributed by atoms with van der Waals surface area (Å²) in [6, 6.07) is 10.6. The van der Waals surface area contributed by atoms with E-state index in [0.29, 0.717) is 16.3 Å². The fraction of sp³-hybridized carbons (Fsp3) is 0.333. The molecule has 1 N–H and O–H groups in total. The molecule has 2 aromatic rings. The highest BCUT2D eigenvalue weighted by Gasteiger charge is 2.50. The molecule has 0 bridgehead atoms. The third-order valence-electron chi connectivity index (χ3n) is 5.28. The number of rotatable bonds is 5. The maximum atomic E-state index is 13.3. The fourth-order valence-corrected chi connectivity index (χ4v) is 4.51. The van der Waals surface area contributed by atoms with Crippen LogP contribution in [0, 0.1) is 12.7 Å². The number of anilines is 1. The van der Waals surface area contributed by atoms with Gasteiger partial charge >= 0.3 is 0 Å². The number of piperazine rings is 1. The lowest BCUT2D eigenvalue weighted by atomic mass is 9.94. The molecule has 1 saturated heterocycles. The van der Waals surface area contributed by atoms with Gasteiger partial charge in [0.15, 0.2) is 0 Å². The lowest BCUT2D eigenvalue weighted by Crippen LogP contribution is -2.70. The average molecular weight is 468 g/mol. The number of amides is 2. The quantitative estimate of drug-likeness (QED) is 0.731. The highest BCUT2D eigenvalue weighted by Crippen LogP contribution is 2.33. The Bertz CT molecular complexity index is 1120. The zero-order chi connectivity index (χ0) is 23.0. The average Bonchev–Trinajstić information content (AvgIpc) is 2.68. The van der Waals surface area contributed by atoms with Gasteiger partial charge in [-0.05, 0) is 49.2 Å². The Kier molecular flexibility index (Phi) is 6.40. The SMILES string of the molecule is Cc1ccc(N2C(=O)CN(S(C)(=O)=O)CC2(C)C(=O)NCc2ccc(F)cc2)cc1Cl. The first kappa shape index (κ1) is 23.2. The Balaban J connectivity index is 1.97. The van der Waals surface area contributed by atoms with Gasteiger partial charge in [-0.3, -0.25) is 14.5 Å². The van der Waals surface area contributed by atoms with Crippen LogP contribution in [0.1, 0.15) is 18.1 Å². The lowest BCUT2D eigenvalue weighted by molar-refractivity contribution is -0.133. The number of benzene rings is 2. The summed E-state index contributed by atoms with van der Waals surface area (Å²) < 4.78 is 38.4. The smallest absolute Gasteiger partial charge is 0.247 e. The molecule has 0 radical (unpaired) electrons. The maximum absolute atomic E-state index is 13.3. The van der Waals surface area contributed by atoms with Crippen molar-refractivity contribution in [2.45, 2.75) is 25.9 Å². The van der Waals surface area contributed by atoms with Crippen LogP contribution in [0.4, 0.5) is 10.1 Å². The van der Waals surface area contributed by atoms with E-state index in [2.05, 4.69) is 5.32 Å². The molecule has 0 spiro atoms. The summed E-state index contributed by atoms with van der Waals surface area (Å²) in [4.78, 5) is 27.6. The van der Waals surface area contributed by atoms with Crippen molar-refractivity contribution in [3.63, 3.8) is 0 Å². The normalized spacial score (nSPS) is 20.0. The first-order valence-corrected chi connectivity index (χ1v) is 11.7. The van der Waals surface area contributed by atoms with Crippen molar-refractivity contribution in [3.8, 4) is 0 Å². The van der Waals surface area contributed by atoms with Gasteiger partial charge in [0.25, 0.3) is 0 Å². The molecule has 2 aromatic carbocycles. The second-order valence-corrected chi connectivity index (χ2v) is 10.2. The van der Waals surface area contributed by atoms with Crippen LogP contribution in [0.5, 0.6) is 0 Å². The molecular weight excluding hydrogens is 445 g/mol. The van der Waals surface area contributed by atoms with E-state index in [1.807, 2.05) is 6.92 Å². The van der Waals surface area contributed by atoms with Crippen molar-refractivity contribution in [2.75, 3.05) is 24.2 Å². The zero-order valence-electron chi connectivity index (χ0n) is 17.4. The molecular formula is C21H23ClFN3O4S. The Morgan fingerprint density at radius 1 is 1.23 bits per heavy atom. The second-order valence-electron chi connectivity index (χ2n) is 7.78. The molecule has 7 nitrogen and oxygen atoms in total. The molecule has 31 heavy (non-hydrogen) atoms. The summed E-state index contributed by atoms with van der Waals surface area (Å²) in [5.74, 6) is -1.49. The van der Waals surface area contributed by atoms with Crippen molar-refractivity contribution in [1.82, 2.24) is 9.62 Å². The van der Waals surface area contributed by atoms with E-state index in [4.69, 9.17) is 11.6 Å². The van der Waals surface area contributed by atoms with E-state index < -0.39 is 33.2 Å². The molecule has 0 saturated carbocycles. The summed E-state index contributed by atoms with van der Waals surface area (Å²) in [6.07, 6.45) is 0.996. The van der Waals surface area contributed by atoms with E-state index >= 15 is 0 Å². The monoisotopic (exact) mass is 467 g/mol. The Morgan fingerprint density at radius 3 is 2.45 bits per heavy atom. The number of carbonyl (C=O) groups excluding carboxylic acids is 2. The van der Waals surface area contributed by atoms with Gasteiger partial charge in [0.05, 0.1) is 12.8 Å². The summed E-state index contributed by atoms with van der Waals surface area (Å²) >= 11 is 6.23. The Hall–Kier alpha value is -2.49. The van der Waals surface area contributed by atoms with Gasteiger partial charge in [-0.15, -0.1) is 0 Å². The van der Waals surface area contributed by atoms with Gasteiger partial charge in [-0.2, -0.15) is 4.31 Å². The number of nitrogens with zero attached hydrogens (tertiary/aromatic N) is 2. The van der Waals surface area contributed by atoms with Crippen LogP contribution in [-0.2, 0) is 26.2 Å². The highest BCUT2D eigenvalue weighted by atomic mass is 35.5. The van der Waals surface area contributed by atoms with Crippen molar-refractivity contribution in [1.29, 1.82) is 0 Å². The lowest BCUT2D eigenvalue weighted by Gasteiger charge is -2.46. The number of hydrogen-bond acceptors (Lipinski definition) is 4. The van der Waals surface area contributed by atoms with E-state index in [1.54, 1.807) is 18.2 Å². The number of hydrogen-bond donors (Lipinski definition) is 1. The van der Waals surface area contributed by atoms with Crippen LogP contribution in [-0.4, -0.2) is 49.4 Å². The van der Waals surface area contributed by atoms with Crippen LogP contribution in [0.2, 0.25) is 5.02 Å². The molecule has 0 aromatic heterocycles. The molecule has 0 aliphatic carbocycles. The molecule has 3 rings (SSSR count). The Morgan fingerprint density at radius 2 is 1.87 bits per heavy atom. The summed E-state index contributed by atoms with van der Waals surface area (Å²) in [6.45, 7) is 2.80. The van der Waals surface area contributed by atoms with Crippen LogP contribution in [0.3, 0.4) is 0 Å². The van der Waals surface area contributed by atoms with Crippen molar-refractivity contribution in [3.05, 3.63) is 64.4 Å². The van der Waals surface area contributed by atoms with E-state index in [0.717, 1.165) is 16.1 Å². The third kappa shape index (κ3) is 4.89. The van der Waals surface area contributed by atoms with Crippen LogP contribution < -0.4 is 10.2 Å². The highest BCUT2D eigenvalue weighted by molar-refractivity contribution is 7.88. The van der Waals surface area contributed by atoms with Crippen molar-refractivity contribution in [2.24, 2.45) is 0 Å². The predicted molar refractivity (Wildman–Crippen MR) is 117 cm³/mol. The summed E-state index contributed by atoms with van der Waals surface area (Å²) in [5.41, 5.74) is 0.325. The minimum Gasteiger partial charge on any atom is -0.350 e. The third-order valence-corrected chi connectivity index (χ3v) is 6.88. The number of aryl methyl sites for hydroxylation is 1. The molecule has 10 heteroatoms. The van der Waals surface area contributed by atoms with Crippen molar-refractivity contribution < 1.29 is 22.4 Å². The maximum Gasteiger partial charge on any atom is 0.247 e.